The van der Waals surface area contributed by atoms with Crippen LogP contribution in [0.5, 0.6) is 0 Å². The van der Waals surface area contributed by atoms with Gasteiger partial charge in [-0.2, -0.15) is 5.10 Å². The van der Waals surface area contributed by atoms with E-state index in [1.807, 2.05) is 42.2 Å². The number of aromatic amines is 1. The first-order valence-electron chi connectivity index (χ1n) is 11.3. The molecule has 1 aromatic carbocycles. The number of hydrogen-bond donors (Lipinski definition) is 1. The number of likely N-dealkylation sites (N-methyl/N-ethyl adjacent to an activating group) is 1. The molecule has 1 saturated heterocycles. The van der Waals surface area contributed by atoms with Gasteiger partial charge < -0.3 is 4.90 Å². The number of aromatic nitrogens is 4. The van der Waals surface area contributed by atoms with Crippen LogP contribution in [-0.2, 0) is 0 Å². The Morgan fingerprint density at radius 3 is 2.88 bits per heavy atom. The predicted molar refractivity (Wildman–Crippen MR) is 132 cm³/mol. The Kier molecular flexibility index (Phi) is 5.72. The standard InChI is InChI=1S/C25H28N6OS/c1-15(2)30(4)18-10-12-31(14-18)25(32)22-23(17-8-6-11-26-13-17)33-24(27-22)21-19-9-5-7-16(3)20(19)28-29-21/h5-9,11,13,15,18H,10,12,14H2,1-4H3,(H,28,29). The van der Waals surface area contributed by atoms with E-state index in [4.69, 9.17) is 4.98 Å². The number of likely N-dealkylation sites (tertiary alicyclic amines) is 1. The lowest BCUT2D eigenvalue weighted by atomic mass is 10.1. The third kappa shape index (κ3) is 3.94. The predicted octanol–water partition coefficient (Wildman–Crippen LogP) is 4.61. The summed E-state index contributed by atoms with van der Waals surface area (Å²) < 4.78 is 0. The zero-order valence-corrected chi connectivity index (χ0v) is 20.2. The number of fused-ring (bicyclic) bond motifs is 1. The SMILES string of the molecule is Cc1cccc2c(-c3nc(C(=O)N4CCC(N(C)C(C)C)C4)c(-c4cccnc4)s3)[nH]nc12. The van der Waals surface area contributed by atoms with Crippen LogP contribution in [0.1, 0.15) is 36.3 Å². The first-order valence-corrected chi connectivity index (χ1v) is 12.1. The van der Waals surface area contributed by atoms with Crippen LogP contribution in [0.15, 0.2) is 42.7 Å². The number of benzene rings is 1. The third-order valence-corrected chi connectivity index (χ3v) is 7.72. The van der Waals surface area contributed by atoms with Gasteiger partial charge in [0, 0.05) is 48.5 Å². The van der Waals surface area contributed by atoms with Crippen LogP contribution >= 0.6 is 11.3 Å². The molecule has 5 rings (SSSR count). The molecule has 4 heterocycles. The summed E-state index contributed by atoms with van der Waals surface area (Å²) in [6, 6.07) is 10.8. The molecular weight excluding hydrogens is 432 g/mol. The van der Waals surface area contributed by atoms with Gasteiger partial charge in [0.05, 0.1) is 10.4 Å². The molecule has 1 aliphatic heterocycles. The summed E-state index contributed by atoms with van der Waals surface area (Å²) >= 11 is 1.51. The Bertz CT molecular complexity index is 1290. The zero-order chi connectivity index (χ0) is 23.1. The number of carbonyl (C=O) groups is 1. The maximum atomic E-state index is 13.7. The fourth-order valence-electron chi connectivity index (χ4n) is 4.44. The molecule has 0 saturated carbocycles. The number of rotatable bonds is 5. The van der Waals surface area contributed by atoms with Crippen LogP contribution in [0.25, 0.3) is 32.0 Å². The highest BCUT2D eigenvalue weighted by atomic mass is 32.1. The van der Waals surface area contributed by atoms with Gasteiger partial charge >= 0.3 is 0 Å². The van der Waals surface area contributed by atoms with E-state index in [0.29, 0.717) is 17.8 Å². The molecule has 8 heteroatoms. The number of nitrogens with zero attached hydrogens (tertiary/aromatic N) is 5. The molecule has 33 heavy (non-hydrogen) atoms. The van der Waals surface area contributed by atoms with Gasteiger partial charge in [-0.3, -0.25) is 19.8 Å². The lowest BCUT2D eigenvalue weighted by molar-refractivity contribution is 0.0771. The number of para-hydroxylation sites is 1. The van der Waals surface area contributed by atoms with E-state index in [0.717, 1.165) is 57.1 Å². The van der Waals surface area contributed by atoms with E-state index >= 15 is 0 Å². The van der Waals surface area contributed by atoms with Crippen molar-refractivity contribution in [3.05, 3.63) is 54.0 Å². The Morgan fingerprint density at radius 1 is 1.27 bits per heavy atom. The van der Waals surface area contributed by atoms with E-state index in [1.54, 1.807) is 12.4 Å². The smallest absolute Gasteiger partial charge is 0.274 e. The van der Waals surface area contributed by atoms with Crippen molar-refractivity contribution in [3.8, 4) is 21.1 Å². The highest BCUT2D eigenvalue weighted by Gasteiger charge is 2.33. The number of aryl methyl sites for hydroxylation is 1. The Hall–Kier alpha value is -3.10. The van der Waals surface area contributed by atoms with Gasteiger partial charge in [0.2, 0.25) is 0 Å². The van der Waals surface area contributed by atoms with Crippen molar-refractivity contribution < 1.29 is 4.79 Å². The van der Waals surface area contributed by atoms with Crippen molar-refractivity contribution >= 4 is 28.1 Å². The topological polar surface area (TPSA) is 78.0 Å². The minimum Gasteiger partial charge on any atom is -0.336 e. The summed E-state index contributed by atoms with van der Waals surface area (Å²) in [6.07, 6.45) is 4.51. The molecule has 0 radical (unpaired) electrons. The molecule has 1 fully saturated rings. The molecule has 3 aromatic heterocycles. The quantitative estimate of drug-likeness (QED) is 0.471. The molecule has 0 spiro atoms. The average molecular weight is 461 g/mol. The maximum absolute atomic E-state index is 13.7. The van der Waals surface area contributed by atoms with Crippen molar-refractivity contribution in [2.24, 2.45) is 0 Å². The van der Waals surface area contributed by atoms with Crippen molar-refractivity contribution in [2.75, 3.05) is 20.1 Å². The molecule has 7 nitrogen and oxygen atoms in total. The normalized spacial score (nSPS) is 16.4. The van der Waals surface area contributed by atoms with Crippen LogP contribution in [0.3, 0.4) is 0 Å². The fourth-order valence-corrected chi connectivity index (χ4v) is 5.50. The van der Waals surface area contributed by atoms with E-state index in [9.17, 15) is 4.79 Å². The summed E-state index contributed by atoms with van der Waals surface area (Å²) in [4.78, 5) is 28.0. The molecule has 1 aliphatic rings. The summed E-state index contributed by atoms with van der Waals surface area (Å²) in [5.74, 6) is -0.0176. The van der Waals surface area contributed by atoms with Crippen LogP contribution in [0.2, 0.25) is 0 Å². The fraction of sp³-hybridized carbons (Fsp3) is 0.360. The van der Waals surface area contributed by atoms with Crippen molar-refractivity contribution in [1.29, 1.82) is 0 Å². The van der Waals surface area contributed by atoms with Gasteiger partial charge in [-0.25, -0.2) is 4.98 Å². The lowest BCUT2D eigenvalue weighted by Gasteiger charge is -2.28. The number of H-pyrrole nitrogens is 1. The highest BCUT2D eigenvalue weighted by molar-refractivity contribution is 7.18. The minimum absolute atomic E-state index is 0.0176. The van der Waals surface area contributed by atoms with Gasteiger partial charge in [0.1, 0.15) is 16.4 Å². The Morgan fingerprint density at radius 2 is 2.12 bits per heavy atom. The molecule has 1 amide bonds. The van der Waals surface area contributed by atoms with E-state index < -0.39 is 0 Å². The molecule has 1 unspecified atom stereocenters. The third-order valence-electron chi connectivity index (χ3n) is 6.60. The summed E-state index contributed by atoms with van der Waals surface area (Å²) in [7, 11) is 2.14. The second kappa shape index (κ2) is 8.68. The van der Waals surface area contributed by atoms with Crippen LogP contribution in [0, 0.1) is 6.92 Å². The second-order valence-corrected chi connectivity index (χ2v) is 9.96. The molecular formula is C25H28N6OS. The number of thiazole rings is 1. The molecule has 0 bridgehead atoms. The molecule has 170 valence electrons. The van der Waals surface area contributed by atoms with Crippen molar-refractivity contribution in [3.63, 3.8) is 0 Å². The second-order valence-electron chi connectivity index (χ2n) is 8.96. The van der Waals surface area contributed by atoms with Crippen molar-refractivity contribution in [1.82, 2.24) is 30.0 Å². The Balaban J connectivity index is 1.55. The average Bonchev–Trinajstić information content (AvgIpc) is 3.56. The number of nitrogens with one attached hydrogen (secondary N) is 1. The van der Waals surface area contributed by atoms with Gasteiger partial charge in [-0.15, -0.1) is 11.3 Å². The van der Waals surface area contributed by atoms with Gasteiger partial charge in [0.25, 0.3) is 5.91 Å². The number of pyridine rings is 1. The summed E-state index contributed by atoms with van der Waals surface area (Å²) in [6.45, 7) is 7.89. The zero-order valence-electron chi connectivity index (χ0n) is 19.4. The van der Waals surface area contributed by atoms with Gasteiger partial charge in [-0.05, 0) is 45.9 Å². The van der Waals surface area contributed by atoms with E-state index in [1.165, 1.54) is 11.3 Å². The molecule has 0 aliphatic carbocycles. The summed E-state index contributed by atoms with van der Waals surface area (Å²) in [5, 5.41) is 9.44. The molecule has 4 aromatic rings. The van der Waals surface area contributed by atoms with Gasteiger partial charge in [-0.1, -0.05) is 24.3 Å². The number of amides is 1. The van der Waals surface area contributed by atoms with Crippen LogP contribution < -0.4 is 0 Å². The van der Waals surface area contributed by atoms with Crippen LogP contribution in [0.4, 0.5) is 0 Å². The summed E-state index contributed by atoms with van der Waals surface area (Å²) in [5.41, 5.74) is 4.28. The maximum Gasteiger partial charge on any atom is 0.274 e. The van der Waals surface area contributed by atoms with Gasteiger partial charge in [0.15, 0.2) is 0 Å². The van der Waals surface area contributed by atoms with Crippen LogP contribution in [-0.4, -0.2) is 68.1 Å². The Labute approximate surface area is 197 Å². The first kappa shape index (κ1) is 21.7. The lowest BCUT2D eigenvalue weighted by Crippen LogP contribution is -2.40. The van der Waals surface area contributed by atoms with Crippen molar-refractivity contribution in [2.45, 2.75) is 39.3 Å². The van der Waals surface area contributed by atoms with E-state index in [2.05, 4.69) is 41.0 Å². The number of hydrogen-bond acceptors (Lipinski definition) is 6. The first-order chi connectivity index (χ1) is 15.9. The monoisotopic (exact) mass is 460 g/mol. The number of carbonyl (C=O) groups excluding carboxylic acids is 1. The molecule has 1 N–H and O–H groups in total. The minimum atomic E-state index is -0.0176. The van der Waals surface area contributed by atoms with E-state index in [-0.39, 0.29) is 5.91 Å². The largest absolute Gasteiger partial charge is 0.336 e. The molecule has 1 atom stereocenters. The highest BCUT2D eigenvalue weighted by Crippen LogP contribution is 2.38.